The molecule has 0 saturated carbocycles. The molecule has 3 atom stereocenters. The van der Waals surface area contributed by atoms with Crippen LogP contribution in [0, 0.1) is 0 Å². The first kappa shape index (κ1) is 14.1. The molecule has 1 aliphatic heterocycles. The first-order chi connectivity index (χ1) is 8.85. The van der Waals surface area contributed by atoms with Crippen molar-refractivity contribution in [3.05, 3.63) is 29.8 Å². The van der Waals surface area contributed by atoms with Crippen molar-refractivity contribution in [2.75, 3.05) is 0 Å². The molecule has 0 bridgehead atoms. The third-order valence-corrected chi connectivity index (χ3v) is 3.14. The Hall–Kier alpha value is -1.27. The zero-order valence-corrected chi connectivity index (χ0v) is 10.5. The molecule has 0 aliphatic carbocycles. The first-order valence-electron chi connectivity index (χ1n) is 6.12. The molecule has 1 fully saturated rings. The Morgan fingerprint density at radius 2 is 2.11 bits per heavy atom. The Morgan fingerprint density at radius 3 is 2.68 bits per heavy atom. The molecule has 1 aromatic carbocycles. The lowest BCUT2D eigenvalue weighted by Crippen LogP contribution is -2.26. The molecule has 1 aliphatic rings. The zero-order chi connectivity index (χ0) is 14.0. The SMILES string of the molecule is CC1CCC(C(N)c2cccc(OC(F)(F)F)c2)O1. The van der Waals surface area contributed by atoms with Gasteiger partial charge in [-0.15, -0.1) is 13.2 Å². The van der Waals surface area contributed by atoms with Crippen molar-refractivity contribution in [3.63, 3.8) is 0 Å². The van der Waals surface area contributed by atoms with Gasteiger partial charge in [0.05, 0.1) is 18.2 Å². The van der Waals surface area contributed by atoms with Gasteiger partial charge in [-0.25, -0.2) is 0 Å². The van der Waals surface area contributed by atoms with Crippen molar-refractivity contribution in [3.8, 4) is 5.75 Å². The fourth-order valence-corrected chi connectivity index (χ4v) is 2.23. The molecule has 106 valence electrons. The summed E-state index contributed by atoms with van der Waals surface area (Å²) in [6.07, 6.45) is -2.98. The highest BCUT2D eigenvalue weighted by Gasteiger charge is 2.32. The summed E-state index contributed by atoms with van der Waals surface area (Å²) in [7, 11) is 0. The van der Waals surface area contributed by atoms with Crippen molar-refractivity contribution < 1.29 is 22.6 Å². The van der Waals surface area contributed by atoms with E-state index >= 15 is 0 Å². The average molecular weight is 275 g/mol. The largest absolute Gasteiger partial charge is 0.573 e. The topological polar surface area (TPSA) is 44.5 Å². The Morgan fingerprint density at radius 1 is 1.37 bits per heavy atom. The van der Waals surface area contributed by atoms with Gasteiger partial charge in [0.25, 0.3) is 0 Å². The Labute approximate surface area is 109 Å². The number of benzene rings is 1. The minimum Gasteiger partial charge on any atom is -0.406 e. The van der Waals surface area contributed by atoms with Crippen molar-refractivity contribution in [1.82, 2.24) is 0 Å². The Balaban J connectivity index is 2.10. The molecule has 0 aromatic heterocycles. The molecule has 1 aromatic rings. The van der Waals surface area contributed by atoms with Gasteiger partial charge in [0.15, 0.2) is 0 Å². The predicted octanol–water partition coefficient (Wildman–Crippen LogP) is 3.15. The summed E-state index contributed by atoms with van der Waals surface area (Å²) in [6.45, 7) is 1.95. The van der Waals surface area contributed by atoms with Gasteiger partial charge >= 0.3 is 6.36 Å². The van der Waals surface area contributed by atoms with E-state index in [4.69, 9.17) is 10.5 Å². The Bertz CT molecular complexity index is 436. The van der Waals surface area contributed by atoms with Crippen LogP contribution >= 0.6 is 0 Å². The lowest BCUT2D eigenvalue weighted by atomic mass is 10.00. The summed E-state index contributed by atoms with van der Waals surface area (Å²) in [4.78, 5) is 0. The van der Waals surface area contributed by atoms with E-state index in [0.717, 1.165) is 12.8 Å². The van der Waals surface area contributed by atoms with E-state index in [1.165, 1.54) is 18.2 Å². The maximum atomic E-state index is 12.1. The number of nitrogens with two attached hydrogens (primary N) is 1. The quantitative estimate of drug-likeness (QED) is 0.921. The fraction of sp³-hybridized carbons (Fsp3) is 0.538. The summed E-state index contributed by atoms with van der Waals surface area (Å²) in [6, 6.07) is 5.29. The van der Waals surface area contributed by atoms with Gasteiger partial charge in [-0.2, -0.15) is 0 Å². The van der Waals surface area contributed by atoms with Crippen LogP contribution in [-0.2, 0) is 4.74 Å². The lowest BCUT2D eigenvalue weighted by Gasteiger charge is -2.20. The van der Waals surface area contributed by atoms with E-state index < -0.39 is 12.4 Å². The van der Waals surface area contributed by atoms with Crippen LogP contribution in [0.15, 0.2) is 24.3 Å². The van der Waals surface area contributed by atoms with E-state index in [2.05, 4.69) is 4.74 Å². The minimum atomic E-state index is -4.69. The number of ether oxygens (including phenoxy) is 2. The monoisotopic (exact) mass is 275 g/mol. The second-order valence-corrected chi connectivity index (χ2v) is 4.71. The molecule has 3 nitrogen and oxygen atoms in total. The number of rotatable bonds is 3. The van der Waals surface area contributed by atoms with Crippen LogP contribution in [0.2, 0.25) is 0 Å². The minimum absolute atomic E-state index is 0.144. The molecule has 0 amide bonds. The third kappa shape index (κ3) is 3.84. The molecule has 0 spiro atoms. The summed E-state index contributed by atoms with van der Waals surface area (Å²) in [5.74, 6) is -0.258. The molecule has 6 heteroatoms. The molecule has 1 saturated heterocycles. The van der Waals surface area contributed by atoms with E-state index in [9.17, 15) is 13.2 Å². The maximum absolute atomic E-state index is 12.1. The average Bonchev–Trinajstić information content (AvgIpc) is 2.73. The summed E-state index contributed by atoms with van der Waals surface area (Å²) in [5.41, 5.74) is 6.62. The predicted molar refractivity (Wildman–Crippen MR) is 63.6 cm³/mol. The summed E-state index contributed by atoms with van der Waals surface area (Å²) in [5, 5.41) is 0. The number of hydrogen-bond acceptors (Lipinski definition) is 3. The van der Waals surface area contributed by atoms with Crippen LogP contribution in [0.25, 0.3) is 0 Å². The highest BCUT2D eigenvalue weighted by atomic mass is 19.4. The highest BCUT2D eigenvalue weighted by molar-refractivity contribution is 5.31. The van der Waals surface area contributed by atoms with Crippen molar-refractivity contribution in [1.29, 1.82) is 0 Å². The van der Waals surface area contributed by atoms with Crippen LogP contribution in [-0.4, -0.2) is 18.6 Å². The zero-order valence-electron chi connectivity index (χ0n) is 10.5. The standard InChI is InChI=1S/C13H16F3NO2/c1-8-5-6-11(18-8)12(17)9-3-2-4-10(7-9)19-13(14,15)16/h2-4,7-8,11-12H,5-6,17H2,1H3. The van der Waals surface area contributed by atoms with E-state index in [1.807, 2.05) is 6.92 Å². The van der Waals surface area contributed by atoms with Crippen LogP contribution < -0.4 is 10.5 Å². The normalized spacial score (nSPS) is 25.3. The van der Waals surface area contributed by atoms with Crippen LogP contribution in [0.4, 0.5) is 13.2 Å². The van der Waals surface area contributed by atoms with Gasteiger partial charge in [-0.3, -0.25) is 0 Å². The van der Waals surface area contributed by atoms with E-state index in [1.54, 1.807) is 6.07 Å². The molecule has 3 unspecified atom stereocenters. The summed E-state index contributed by atoms with van der Waals surface area (Å²) >= 11 is 0. The fourth-order valence-electron chi connectivity index (χ4n) is 2.23. The lowest BCUT2D eigenvalue weighted by molar-refractivity contribution is -0.274. The van der Waals surface area contributed by atoms with Gasteiger partial charge in [0.2, 0.25) is 0 Å². The van der Waals surface area contributed by atoms with Gasteiger partial charge < -0.3 is 15.2 Å². The smallest absolute Gasteiger partial charge is 0.406 e. The summed E-state index contributed by atoms with van der Waals surface area (Å²) < 4.78 is 46.0. The molecule has 0 radical (unpaired) electrons. The molecule has 2 N–H and O–H groups in total. The van der Waals surface area contributed by atoms with Gasteiger partial charge in [-0.05, 0) is 37.5 Å². The van der Waals surface area contributed by atoms with Gasteiger partial charge in [0.1, 0.15) is 5.75 Å². The molecular formula is C13H16F3NO2. The van der Waals surface area contributed by atoms with Crippen LogP contribution in [0.3, 0.4) is 0 Å². The van der Waals surface area contributed by atoms with E-state index in [-0.39, 0.29) is 18.0 Å². The van der Waals surface area contributed by atoms with Crippen molar-refractivity contribution in [2.24, 2.45) is 5.73 Å². The number of alkyl halides is 3. The van der Waals surface area contributed by atoms with Gasteiger partial charge in [0, 0.05) is 0 Å². The second-order valence-electron chi connectivity index (χ2n) is 4.71. The molecular weight excluding hydrogens is 259 g/mol. The van der Waals surface area contributed by atoms with Crippen LogP contribution in [0.1, 0.15) is 31.4 Å². The molecule has 1 heterocycles. The molecule has 2 rings (SSSR count). The van der Waals surface area contributed by atoms with E-state index in [0.29, 0.717) is 5.56 Å². The van der Waals surface area contributed by atoms with Crippen LogP contribution in [0.5, 0.6) is 5.75 Å². The second kappa shape index (κ2) is 5.38. The van der Waals surface area contributed by atoms with Gasteiger partial charge in [-0.1, -0.05) is 12.1 Å². The van der Waals surface area contributed by atoms with Crippen molar-refractivity contribution >= 4 is 0 Å². The third-order valence-electron chi connectivity index (χ3n) is 3.14. The molecule has 19 heavy (non-hydrogen) atoms. The first-order valence-corrected chi connectivity index (χ1v) is 6.12. The van der Waals surface area contributed by atoms with Crippen molar-refractivity contribution in [2.45, 2.75) is 44.4 Å². The number of hydrogen-bond donors (Lipinski definition) is 1. The maximum Gasteiger partial charge on any atom is 0.573 e. The number of halogens is 3. The Kier molecular flexibility index (Phi) is 4.01. The highest BCUT2D eigenvalue weighted by Crippen LogP contribution is 2.31.